The van der Waals surface area contributed by atoms with Gasteiger partial charge in [-0.2, -0.15) is 0 Å². The highest BCUT2D eigenvalue weighted by Gasteiger charge is 2.34. The summed E-state index contributed by atoms with van der Waals surface area (Å²) in [6.45, 7) is 1.76. The zero-order valence-electron chi connectivity index (χ0n) is 16.2. The quantitative estimate of drug-likeness (QED) is 0.262. The van der Waals surface area contributed by atoms with E-state index in [1.807, 2.05) is 0 Å². The Morgan fingerprint density at radius 3 is 2.30 bits per heavy atom. The second-order valence-corrected chi connectivity index (χ2v) is 5.84. The van der Waals surface area contributed by atoms with Crippen LogP contribution in [0.1, 0.15) is 13.3 Å². The summed E-state index contributed by atoms with van der Waals surface area (Å²) in [6, 6.07) is 0. The first-order valence-electron chi connectivity index (χ1n) is 8.58. The molecule has 0 aliphatic carbocycles. The van der Waals surface area contributed by atoms with E-state index in [2.05, 4.69) is 0 Å². The average Bonchev–Trinajstić information content (AvgIpc) is 2.66. The molecule has 1 rings (SSSR count). The summed E-state index contributed by atoms with van der Waals surface area (Å²) in [7, 11) is 4.47. The van der Waals surface area contributed by atoms with Crippen molar-refractivity contribution < 1.29 is 43.1 Å². The van der Waals surface area contributed by atoms with Crippen LogP contribution in [-0.2, 0) is 38.0 Å². The summed E-state index contributed by atoms with van der Waals surface area (Å²) in [5.41, 5.74) is 0. The predicted octanol–water partition coefficient (Wildman–Crippen LogP) is 0.762. The third kappa shape index (κ3) is 8.93. The topological polar surface area (TPSA) is 102 Å². The molecule has 0 saturated heterocycles. The van der Waals surface area contributed by atoms with E-state index in [1.54, 1.807) is 19.1 Å². The van der Waals surface area contributed by atoms with Crippen molar-refractivity contribution in [2.24, 2.45) is 0 Å². The first-order valence-corrected chi connectivity index (χ1v) is 8.58. The molecule has 0 aromatic carbocycles. The lowest BCUT2D eigenvalue weighted by molar-refractivity contribution is -0.217. The molecule has 27 heavy (non-hydrogen) atoms. The van der Waals surface area contributed by atoms with E-state index in [9.17, 15) is 9.90 Å². The van der Waals surface area contributed by atoms with Crippen LogP contribution in [0.3, 0.4) is 0 Å². The highest BCUT2D eigenvalue weighted by molar-refractivity contribution is 5.82. The second kappa shape index (κ2) is 13.8. The van der Waals surface area contributed by atoms with Crippen molar-refractivity contribution in [2.75, 3.05) is 41.7 Å². The largest absolute Gasteiger partial charge is 0.455 e. The van der Waals surface area contributed by atoms with E-state index < -0.39 is 36.5 Å². The molecule has 1 heterocycles. The van der Waals surface area contributed by atoms with E-state index in [0.29, 0.717) is 6.42 Å². The minimum absolute atomic E-state index is 0.0142. The molecule has 0 aromatic rings. The van der Waals surface area contributed by atoms with Crippen LogP contribution in [-0.4, -0.2) is 83.3 Å². The summed E-state index contributed by atoms with van der Waals surface area (Å²) in [4.78, 5) is 11.3. The van der Waals surface area contributed by atoms with Gasteiger partial charge in [0.05, 0.1) is 6.10 Å². The fraction of sp³-hybridized carbons (Fsp3) is 0.722. The van der Waals surface area contributed by atoms with Crippen molar-refractivity contribution in [3.8, 4) is 0 Å². The van der Waals surface area contributed by atoms with Crippen LogP contribution in [0.5, 0.6) is 0 Å². The number of carbonyl (C=O) groups excluding carboxylic acids is 1. The Hall–Kier alpha value is -1.33. The maximum atomic E-state index is 11.3. The second-order valence-electron chi connectivity index (χ2n) is 5.84. The fourth-order valence-corrected chi connectivity index (χ4v) is 2.45. The van der Waals surface area contributed by atoms with Crippen molar-refractivity contribution in [1.82, 2.24) is 0 Å². The summed E-state index contributed by atoms with van der Waals surface area (Å²) >= 11 is 0. The number of aliphatic hydroxyl groups is 1. The van der Waals surface area contributed by atoms with Crippen LogP contribution in [0.15, 0.2) is 24.3 Å². The lowest BCUT2D eigenvalue weighted by atomic mass is 10.0. The number of hydrogen-bond donors (Lipinski definition) is 1. The molecule has 156 valence electrons. The number of aliphatic hydroxyl groups excluding tert-OH is 1. The van der Waals surface area contributed by atoms with Crippen LogP contribution < -0.4 is 0 Å². The molecule has 1 aliphatic rings. The first kappa shape index (κ1) is 23.7. The van der Waals surface area contributed by atoms with Gasteiger partial charge >= 0.3 is 5.97 Å². The van der Waals surface area contributed by atoms with E-state index in [-0.39, 0.29) is 20.4 Å². The summed E-state index contributed by atoms with van der Waals surface area (Å²) in [5, 5.41) is 10.6. The molecular weight excluding hydrogens is 360 g/mol. The Labute approximate surface area is 159 Å². The summed E-state index contributed by atoms with van der Waals surface area (Å²) < 4.78 is 36.8. The van der Waals surface area contributed by atoms with E-state index in [1.165, 1.54) is 33.5 Å². The van der Waals surface area contributed by atoms with Gasteiger partial charge in [0.2, 0.25) is 0 Å². The monoisotopic (exact) mass is 390 g/mol. The minimum atomic E-state index is -1.07. The van der Waals surface area contributed by atoms with Gasteiger partial charge in [-0.05, 0) is 13.0 Å². The number of hydrogen-bond acceptors (Lipinski definition) is 9. The van der Waals surface area contributed by atoms with Crippen LogP contribution >= 0.6 is 0 Å². The van der Waals surface area contributed by atoms with Gasteiger partial charge in [0, 0.05) is 33.8 Å². The zero-order chi connectivity index (χ0) is 20.1. The third-order valence-electron chi connectivity index (χ3n) is 3.74. The molecule has 0 spiro atoms. The maximum Gasteiger partial charge on any atom is 0.331 e. The average molecular weight is 390 g/mol. The number of carbonyl (C=O) groups is 1. The molecule has 0 saturated carbocycles. The molecule has 0 bridgehead atoms. The molecule has 1 N–H and O–H groups in total. The fourth-order valence-electron chi connectivity index (χ4n) is 2.45. The molecule has 0 amide bonds. The molecule has 0 radical (unpaired) electrons. The highest BCUT2D eigenvalue weighted by Crippen LogP contribution is 2.18. The van der Waals surface area contributed by atoms with Gasteiger partial charge in [0.15, 0.2) is 0 Å². The highest BCUT2D eigenvalue weighted by atomic mass is 16.7. The number of esters is 1. The molecule has 0 fully saturated rings. The maximum absolute atomic E-state index is 11.3. The van der Waals surface area contributed by atoms with Gasteiger partial charge in [0.1, 0.15) is 44.8 Å². The summed E-state index contributed by atoms with van der Waals surface area (Å²) in [5.74, 6) is -0.416. The van der Waals surface area contributed by atoms with Gasteiger partial charge in [-0.3, -0.25) is 0 Å². The molecule has 5 atom stereocenters. The number of cyclic esters (lactones) is 1. The molecular formula is C18H30O9. The van der Waals surface area contributed by atoms with Crippen LogP contribution in [0.4, 0.5) is 0 Å². The van der Waals surface area contributed by atoms with Crippen molar-refractivity contribution >= 4 is 5.97 Å². The lowest BCUT2D eigenvalue weighted by Gasteiger charge is -2.33. The minimum Gasteiger partial charge on any atom is -0.455 e. The third-order valence-corrected chi connectivity index (χ3v) is 3.74. The predicted molar refractivity (Wildman–Crippen MR) is 94.7 cm³/mol. The number of rotatable bonds is 14. The Morgan fingerprint density at radius 2 is 1.70 bits per heavy atom. The van der Waals surface area contributed by atoms with Gasteiger partial charge in [-0.15, -0.1) is 0 Å². The molecule has 0 aromatic heterocycles. The standard InChI is InChI=1S/C18H30O9/c1-13(24-10-21-2)17(25-11-22-3)18(26-12-23-4)15(19)9-8-14-6-5-7-16(20)27-14/h5,7-9,13-15,17-19H,6,10-12H2,1-4H3/b9-8+/t13-,14+,15+,17-,18-/m0/s1. The summed E-state index contributed by atoms with van der Waals surface area (Å²) in [6.07, 6.45) is 3.26. The Bertz CT molecular complexity index is 466. The zero-order valence-corrected chi connectivity index (χ0v) is 16.2. The first-order chi connectivity index (χ1) is 13.0. The molecule has 9 heteroatoms. The van der Waals surface area contributed by atoms with Crippen LogP contribution in [0.2, 0.25) is 0 Å². The van der Waals surface area contributed by atoms with Crippen LogP contribution in [0.25, 0.3) is 0 Å². The Morgan fingerprint density at radius 1 is 1.11 bits per heavy atom. The van der Waals surface area contributed by atoms with E-state index in [0.717, 1.165) is 0 Å². The van der Waals surface area contributed by atoms with Gasteiger partial charge < -0.3 is 38.3 Å². The molecule has 0 unspecified atom stereocenters. The van der Waals surface area contributed by atoms with Crippen molar-refractivity contribution in [2.45, 2.75) is 43.9 Å². The normalized spacial score (nSPS) is 21.8. The van der Waals surface area contributed by atoms with Gasteiger partial charge in [-0.25, -0.2) is 4.79 Å². The number of methoxy groups -OCH3 is 3. The number of ether oxygens (including phenoxy) is 7. The van der Waals surface area contributed by atoms with Gasteiger partial charge in [0.25, 0.3) is 0 Å². The van der Waals surface area contributed by atoms with Crippen LogP contribution in [0, 0.1) is 0 Å². The van der Waals surface area contributed by atoms with Crippen molar-refractivity contribution in [1.29, 1.82) is 0 Å². The molecule has 1 aliphatic heterocycles. The smallest absolute Gasteiger partial charge is 0.331 e. The lowest BCUT2D eigenvalue weighted by Crippen LogP contribution is -2.48. The van der Waals surface area contributed by atoms with E-state index in [4.69, 9.17) is 33.2 Å². The van der Waals surface area contributed by atoms with E-state index >= 15 is 0 Å². The van der Waals surface area contributed by atoms with Crippen molar-refractivity contribution in [3.05, 3.63) is 24.3 Å². The van der Waals surface area contributed by atoms with Gasteiger partial charge in [-0.1, -0.05) is 12.2 Å². The van der Waals surface area contributed by atoms with Crippen molar-refractivity contribution in [3.63, 3.8) is 0 Å². The Kier molecular flexibility index (Phi) is 12.1. The Balaban J connectivity index is 2.85. The molecule has 9 nitrogen and oxygen atoms in total. The SMILES string of the molecule is COCO[C@H]([C@@H](OCOC)[C@H](C)OCOC)[C@H](O)/C=C/[C@H]1CC=CC(=O)O1.